The van der Waals surface area contributed by atoms with E-state index in [2.05, 4.69) is 4.90 Å². The largest absolute Gasteiger partial charge is 0.356 e. The summed E-state index contributed by atoms with van der Waals surface area (Å²) in [4.78, 5) is 7.19. The van der Waals surface area contributed by atoms with Crippen molar-refractivity contribution in [1.29, 1.82) is 0 Å². The molecule has 0 bridgehead atoms. The first-order chi connectivity index (χ1) is 8.66. The predicted octanol–water partition coefficient (Wildman–Crippen LogP) is 4.72. The molecule has 0 N–H and O–H groups in total. The molecule has 0 spiro atoms. The summed E-state index contributed by atoms with van der Waals surface area (Å²) in [5, 5.41) is 1.46. The minimum atomic E-state index is 0.713. The molecule has 2 nitrogen and oxygen atoms in total. The van der Waals surface area contributed by atoms with Crippen LogP contribution in [0, 0.1) is 6.92 Å². The van der Waals surface area contributed by atoms with E-state index in [9.17, 15) is 0 Å². The molecule has 1 saturated heterocycles. The van der Waals surface area contributed by atoms with Crippen molar-refractivity contribution in [3.05, 3.63) is 27.2 Å². The molecule has 1 aromatic carbocycles. The third kappa shape index (κ3) is 2.02. The Labute approximate surface area is 118 Å². The molecule has 1 aromatic rings. The summed E-state index contributed by atoms with van der Waals surface area (Å²) in [5.74, 6) is 1.21. The van der Waals surface area contributed by atoms with Gasteiger partial charge in [0.1, 0.15) is 5.84 Å². The van der Waals surface area contributed by atoms with Crippen LogP contribution < -0.4 is 0 Å². The van der Waals surface area contributed by atoms with Crippen molar-refractivity contribution in [2.75, 3.05) is 6.54 Å². The number of benzene rings is 1. The lowest BCUT2D eigenvalue weighted by Crippen LogP contribution is -2.32. The van der Waals surface area contributed by atoms with E-state index in [-0.39, 0.29) is 0 Å². The summed E-state index contributed by atoms with van der Waals surface area (Å²) >= 11 is 12.5. The molecule has 4 heteroatoms. The van der Waals surface area contributed by atoms with Crippen LogP contribution in [-0.4, -0.2) is 17.3 Å². The first-order valence-electron chi connectivity index (χ1n) is 6.47. The van der Waals surface area contributed by atoms with E-state index in [1.165, 1.54) is 25.1 Å². The van der Waals surface area contributed by atoms with Gasteiger partial charge in [-0.25, -0.2) is 4.99 Å². The lowest BCUT2D eigenvalue weighted by molar-refractivity contribution is 0.403. The normalized spacial score (nSPS) is 18.8. The summed E-state index contributed by atoms with van der Waals surface area (Å²) in [5.41, 5.74) is 3.18. The number of hydrogen-bond acceptors (Lipinski definition) is 2. The molecule has 1 fully saturated rings. The average Bonchev–Trinajstić information content (AvgIpc) is 2.59. The molecule has 0 radical (unpaired) electrons. The standard InChI is InChI=1S/C14H16Cl2N2/c1-9-11(15)7-12(16)10-8-18-6-4-2-3-5-13(18)17-14(9)10/h7H,2-6,8H2,1H3. The third-order valence-corrected chi connectivity index (χ3v) is 4.55. The van der Waals surface area contributed by atoms with Crippen LogP contribution in [0.5, 0.6) is 0 Å². The van der Waals surface area contributed by atoms with Crippen molar-refractivity contribution in [1.82, 2.24) is 4.90 Å². The van der Waals surface area contributed by atoms with E-state index >= 15 is 0 Å². The van der Waals surface area contributed by atoms with Gasteiger partial charge in [0.2, 0.25) is 0 Å². The van der Waals surface area contributed by atoms with E-state index in [1.54, 1.807) is 0 Å². The van der Waals surface area contributed by atoms with Gasteiger partial charge in [-0.15, -0.1) is 0 Å². The van der Waals surface area contributed by atoms with Gasteiger partial charge in [0.05, 0.1) is 5.69 Å². The molecule has 2 aliphatic rings. The van der Waals surface area contributed by atoms with Crippen LogP contribution in [0.4, 0.5) is 5.69 Å². The Bertz CT molecular complexity index is 523. The number of amidine groups is 1. The van der Waals surface area contributed by atoms with Crippen molar-refractivity contribution in [3.8, 4) is 0 Å². The summed E-state index contributed by atoms with van der Waals surface area (Å²) in [6.07, 6.45) is 4.85. The fourth-order valence-corrected chi connectivity index (χ4v) is 3.24. The van der Waals surface area contributed by atoms with Gasteiger partial charge in [-0.3, -0.25) is 0 Å². The Hall–Kier alpha value is -0.730. The van der Waals surface area contributed by atoms with Crippen LogP contribution in [-0.2, 0) is 6.54 Å². The molecule has 0 amide bonds. The van der Waals surface area contributed by atoms with Gasteiger partial charge in [-0.1, -0.05) is 29.6 Å². The predicted molar refractivity (Wildman–Crippen MR) is 77.2 cm³/mol. The highest BCUT2D eigenvalue weighted by Gasteiger charge is 2.24. The quantitative estimate of drug-likeness (QED) is 0.672. The topological polar surface area (TPSA) is 15.6 Å². The van der Waals surface area contributed by atoms with Crippen LogP contribution in [0.25, 0.3) is 0 Å². The zero-order valence-corrected chi connectivity index (χ0v) is 12.0. The highest BCUT2D eigenvalue weighted by molar-refractivity contribution is 6.36. The van der Waals surface area contributed by atoms with Crippen LogP contribution >= 0.6 is 23.2 Å². The van der Waals surface area contributed by atoms with Crippen LogP contribution in [0.3, 0.4) is 0 Å². The number of rotatable bonds is 0. The molecule has 96 valence electrons. The number of halogens is 2. The van der Waals surface area contributed by atoms with E-state index in [1.807, 2.05) is 13.0 Å². The highest BCUT2D eigenvalue weighted by Crippen LogP contribution is 2.39. The second-order valence-electron chi connectivity index (χ2n) is 5.05. The van der Waals surface area contributed by atoms with Crippen molar-refractivity contribution in [2.24, 2.45) is 4.99 Å². The third-order valence-electron chi connectivity index (χ3n) is 3.82. The minimum Gasteiger partial charge on any atom is -0.356 e. The Morgan fingerprint density at radius 1 is 1.17 bits per heavy atom. The van der Waals surface area contributed by atoms with Gasteiger partial charge in [-0.05, 0) is 31.4 Å². The Morgan fingerprint density at radius 3 is 2.83 bits per heavy atom. The Balaban J connectivity index is 2.12. The maximum atomic E-state index is 6.31. The van der Waals surface area contributed by atoms with Crippen LogP contribution in [0.15, 0.2) is 11.1 Å². The van der Waals surface area contributed by atoms with Crippen molar-refractivity contribution < 1.29 is 0 Å². The molecule has 0 aliphatic carbocycles. The summed E-state index contributed by atoms with van der Waals surface area (Å²) in [6.45, 7) is 4.00. The summed E-state index contributed by atoms with van der Waals surface area (Å²) < 4.78 is 0. The monoisotopic (exact) mass is 282 g/mol. The number of nitrogens with zero attached hydrogens (tertiary/aromatic N) is 2. The van der Waals surface area contributed by atoms with E-state index in [4.69, 9.17) is 28.2 Å². The van der Waals surface area contributed by atoms with E-state index < -0.39 is 0 Å². The first kappa shape index (κ1) is 12.3. The SMILES string of the molecule is Cc1c(Cl)cc(Cl)c2c1N=C1CCCCCN1C2. The van der Waals surface area contributed by atoms with Gasteiger partial charge < -0.3 is 4.90 Å². The molecule has 18 heavy (non-hydrogen) atoms. The van der Waals surface area contributed by atoms with Gasteiger partial charge in [0.25, 0.3) is 0 Å². The van der Waals surface area contributed by atoms with Gasteiger partial charge >= 0.3 is 0 Å². The average molecular weight is 283 g/mol. The fourth-order valence-electron chi connectivity index (χ4n) is 2.73. The Kier molecular flexibility index (Phi) is 3.25. The van der Waals surface area contributed by atoms with E-state index in [0.717, 1.165) is 41.3 Å². The lowest BCUT2D eigenvalue weighted by atomic mass is 10.0. The maximum absolute atomic E-state index is 6.31. The second-order valence-corrected chi connectivity index (χ2v) is 5.87. The highest BCUT2D eigenvalue weighted by atomic mass is 35.5. The fraction of sp³-hybridized carbons (Fsp3) is 0.500. The molecule has 2 aliphatic heterocycles. The van der Waals surface area contributed by atoms with Crippen molar-refractivity contribution in [2.45, 2.75) is 39.2 Å². The molecule has 0 unspecified atom stereocenters. The Morgan fingerprint density at radius 2 is 2.00 bits per heavy atom. The minimum absolute atomic E-state index is 0.713. The van der Waals surface area contributed by atoms with Gasteiger partial charge in [-0.2, -0.15) is 0 Å². The molecular formula is C14H16Cl2N2. The van der Waals surface area contributed by atoms with Crippen LogP contribution in [0.2, 0.25) is 10.0 Å². The zero-order chi connectivity index (χ0) is 12.7. The zero-order valence-electron chi connectivity index (χ0n) is 10.5. The smallest absolute Gasteiger partial charge is 0.105 e. The van der Waals surface area contributed by atoms with Gasteiger partial charge in [0.15, 0.2) is 0 Å². The molecular weight excluding hydrogens is 267 g/mol. The number of fused-ring (bicyclic) bond motifs is 2. The van der Waals surface area contributed by atoms with Gasteiger partial charge in [0, 0.05) is 35.1 Å². The molecule has 0 aromatic heterocycles. The van der Waals surface area contributed by atoms with Crippen molar-refractivity contribution >= 4 is 34.7 Å². The second kappa shape index (κ2) is 4.75. The lowest BCUT2D eigenvalue weighted by Gasteiger charge is -2.30. The summed E-state index contributed by atoms with van der Waals surface area (Å²) in [6, 6.07) is 1.84. The number of hydrogen-bond donors (Lipinski definition) is 0. The molecule has 3 rings (SSSR count). The molecule has 0 atom stereocenters. The summed E-state index contributed by atoms with van der Waals surface area (Å²) in [7, 11) is 0. The van der Waals surface area contributed by atoms with Crippen LogP contribution in [0.1, 0.15) is 36.8 Å². The molecule has 2 heterocycles. The van der Waals surface area contributed by atoms with E-state index in [0.29, 0.717) is 5.02 Å². The van der Waals surface area contributed by atoms with Crippen molar-refractivity contribution in [3.63, 3.8) is 0 Å². The maximum Gasteiger partial charge on any atom is 0.105 e. The first-order valence-corrected chi connectivity index (χ1v) is 7.22. The number of aliphatic imine (C=N–C) groups is 1. The molecule has 0 saturated carbocycles.